The molecule has 0 bridgehead atoms. The maximum Gasteiger partial charge on any atom is 0.411 e. The summed E-state index contributed by atoms with van der Waals surface area (Å²) >= 11 is 0. The molecule has 0 aromatic carbocycles. The van der Waals surface area contributed by atoms with Gasteiger partial charge in [0.1, 0.15) is 23.8 Å². The SMILES string of the molecule is CC(C)(C)OC(=O)N1C[C@@H](OC(=O)c2ccncc2)C[C@H]1C(=O)N1CCCC1C#N. The van der Waals surface area contributed by atoms with Crippen LogP contribution in [0.25, 0.3) is 0 Å². The van der Waals surface area contributed by atoms with Crippen LogP contribution < -0.4 is 0 Å². The molecule has 0 aliphatic carbocycles. The molecule has 9 heteroatoms. The highest BCUT2D eigenvalue weighted by molar-refractivity contribution is 5.90. The first kappa shape index (κ1) is 21.6. The van der Waals surface area contributed by atoms with E-state index in [2.05, 4.69) is 11.1 Å². The van der Waals surface area contributed by atoms with E-state index in [1.54, 1.807) is 20.8 Å². The van der Waals surface area contributed by atoms with Crippen LogP contribution in [0.15, 0.2) is 24.5 Å². The van der Waals surface area contributed by atoms with Crippen LogP contribution in [0.4, 0.5) is 4.79 Å². The van der Waals surface area contributed by atoms with E-state index >= 15 is 0 Å². The van der Waals surface area contributed by atoms with Crippen LogP contribution in [0.5, 0.6) is 0 Å². The van der Waals surface area contributed by atoms with E-state index in [4.69, 9.17) is 9.47 Å². The van der Waals surface area contributed by atoms with Gasteiger partial charge in [0.05, 0.1) is 18.2 Å². The van der Waals surface area contributed by atoms with E-state index < -0.39 is 35.9 Å². The van der Waals surface area contributed by atoms with Crippen molar-refractivity contribution in [1.82, 2.24) is 14.8 Å². The summed E-state index contributed by atoms with van der Waals surface area (Å²) in [7, 11) is 0. The number of hydrogen-bond donors (Lipinski definition) is 0. The molecule has 9 nitrogen and oxygen atoms in total. The van der Waals surface area contributed by atoms with Crippen LogP contribution >= 0.6 is 0 Å². The van der Waals surface area contributed by atoms with Gasteiger partial charge in [-0.05, 0) is 45.7 Å². The number of hydrogen-bond acceptors (Lipinski definition) is 7. The molecule has 0 saturated carbocycles. The van der Waals surface area contributed by atoms with E-state index in [-0.39, 0.29) is 18.9 Å². The Morgan fingerprint density at radius 2 is 1.90 bits per heavy atom. The minimum Gasteiger partial charge on any atom is -0.457 e. The summed E-state index contributed by atoms with van der Waals surface area (Å²) in [5.41, 5.74) is -0.396. The minimum atomic E-state index is -0.843. The fraction of sp³-hybridized carbons (Fsp3) is 0.571. The van der Waals surface area contributed by atoms with Gasteiger partial charge in [0.15, 0.2) is 0 Å². The van der Waals surface area contributed by atoms with Gasteiger partial charge in [0.2, 0.25) is 5.91 Å². The first-order valence-corrected chi connectivity index (χ1v) is 10.0. The fourth-order valence-electron chi connectivity index (χ4n) is 3.70. The van der Waals surface area contributed by atoms with Crippen molar-refractivity contribution in [3.05, 3.63) is 30.1 Å². The molecule has 1 unspecified atom stereocenters. The third-order valence-corrected chi connectivity index (χ3v) is 5.05. The van der Waals surface area contributed by atoms with Crippen molar-refractivity contribution in [1.29, 1.82) is 5.26 Å². The van der Waals surface area contributed by atoms with E-state index in [9.17, 15) is 19.6 Å². The van der Waals surface area contributed by atoms with Crippen molar-refractivity contribution < 1.29 is 23.9 Å². The number of nitrogens with zero attached hydrogens (tertiary/aromatic N) is 4. The summed E-state index contributed by atoms with van der Waals surface area (Å²) in [5, 5.41) is 9.33. The smallest absolute Gasteiger partial charge is 0.411 e. The van der Waals surface area contributed by atoms with Crippen molar-refractivity contribution in [3.63, 3.8) is 0 Å². The molecule has 2 saturated heterocycles. The summed E-state index contributed by atoms with van der Waals surface area (Å²) < 4.78 is 11.0. The van der Waals surface area contributed by atoms with Crippen LogP contribution in [0.1, 0.15) is 50.4 Å². The molecule has 1 aromatic rings. The van der Waals surface area contributed by atoms with Gasteiger partial charge in [-0.15, -0.1) is 0 Å². The topological polar surface area (TPSA) is 113 Å². The normalized spacial score (nSPS) is 23.7. The zero-order valence-electron chi connectivity index (χ0n) is 17.4. The Balaban J connectivity index is 1.77. The summed E-state index contributed by atoms with van der Waals surface area (Å²) in [6.45, 7) is 5.74. The Morgan fingerprint density at radius 3 is 2.53 bits per heavy atom. The van der Waals surface area contributed by atoms with Crippen LogP contribution in [-0.4, -0.2) is 69.6 Å². The van der Waals surface area contributed by atoms with Crippen LogP contribution in [0, 0.1) is 11.3 Å². The molecular formula is C21H26N4O5. The second kappa shape index (κ2) is 8.69. The lowest BCUT2D eigenvalue weighted by Gasteiger charge is -2.30. The van der Waals surface area contributed by atoms with Gasteiger partial charge in [-0.1, -0.05) is 0 Å². The average molecular weight is 414 g/mol. The first-order valence-electron chi connectivity index (χ1n) is 10.0. The second-order valence-corrected chi connectivity index (χ2v) is 8.47. The highest BCUT2D eigenvalue weighted by atomic mass is 16.6. The molecule has 0 N–H and O–H groups in total. The molecule has 30 heavy (non-hydrogen) atoms. The predicted molar refractivity (Wildman–Crippen MR) is 105 cm³/mol. The standard InChI is InChI=1S/C21H26N4O5/c1-21(2,3)30-20(28)25-13-16(29-19(27)14-6-8-23-9-7-14)11-17(25)18(26)24-10-4-5-15(24)12-22/h6-9,15-17H,4-5,10-11,13H2,1-3H3/t15?,16-,17-/m0/s1. The molecule has 3 atom stereocenters. The lowest BCUT2D eigenvalue weighted by atomic mass is 10.1. The van der Waals surface area contributed by atoms with E-state index in [0.717, 1.165) is 6.42 Å². The number of nitriles is 1. The van der Waals surface area contributed by atoms with Gasteiger partial charge in [0.25, 0.3) is 0 Å². The van der Waals surface area contributed by atoms with Crippen LogP contribution in [0.2, 0.25) is 0 Å². The number of rotatable bonds is 3. The number of ether oxygens (including phenoxy) is 2. The average Bonchev–Trinajstić information content (AvgIpc) is 3.33. The number of aromatic nitrogens is 1. The van der Waals surface area contributed by atoms with Crippen molar-refractivity contribution in [2.45, 2.75) is 63.8 Å². The van der Waals surface area contributed by atoms with Crippen molar-refractivity contribution in [2.24, 2.45) is 0 Å². The highest BCUT2D eigenvalue weighted by Gasteiger charge is 2.46. The van der Waals surface area contributed by atoms with Gasteiger partial charge in [0, 0.05) is 25.4 Å². The monoisotopic (exact) mass is 414 g/mol. The molecule has 1 aromatic heterocycles. The van der Waals surface area contributed by atoms with Crippen molar-refractivity contribution in [3.8, 4) is 6.07 Å². The number of pyridine rings is 1. The van der Waals surface area contributed by atoms with E-state index in [1.807, 2.05) is 0 Å². The zero-order chi connectivity index (χ0) is 21.9. The molecule has 2 aliphatic heterocycles. The van der Waals surface area contributed by atoms with E-state index in [0.29, 0.717) is 18.5 Å². The van der Waals surface area contributed by atoms with Crippen LogP contribution in [0.3, 0.4) is 0 Å². The third-order valence-electron chi connectivity index (χ3n) is 5.05. The largest absolute Gasteiger partial charge is 0.457 e. The van der Waals surface area contributed by atoms with Gasteiger partial charge < -0.3 is 14.4 Å². The lowest BCUT2D eigenvalue weighted by Crippen LogP contribution is -2.50. The molecule has 3 heterocycles. The van der Waals surface area contributed by atoms with Gasteiger partial charge >= 0.3 is 12.1 Å². The maximum atomic E-state index is 13.2. The first-order chi connectivity index (χ1) is 14.2. The lowest BCUT2D eigenvalue weighted by molar-refractivity contribution is -0.136. The number of carbonyl (C=O) groups is 3. The Hall–Kier alpha value is -3.15. The maximum absolute atomic E-state index is 13.2. The highest BCUT2D eigenvalue weighted by Crippen LogP contribution is 2.28. The van der Waals surface area contributed by atoms with Gasteiger partial charge in [-0.2, -0.15) is 5.26 Å². The quantitative estimate of drug-likeness (QED) is 0.696. The Labute approximate surface area is 175 Å². The fourth-order valence-corrected chi connectivity index (χ4v) is 3.70. The van der Waals surface area contributed by atoms with Gasteiger partial charge in [-0.3, -0.25) is 14.7 Å². The summed E-state index contributed by atoms with van der Waals surface area (Å²) in [4.78, 5) is 45.0. The van der Waals surface area contributed by atoms with E-state index in [1.165, 1.54) is 34.3 Å². The van der Waals surface area contributed by atoms with Gasteiger partial charge in [-0.25, -0.2) is 9.59 Å². The van der Waals surface area contributed by atoms with Crippen molar-refractivity contribution in [2.75, 3.05) is 13.1 Å². The minimum absolute atomic E-state index is 0.0488. The number of likely N-dealkylation sites (tertiary alicyclic amines) is 2. The molecular weight excluding hydrogens is 388 g/mol. The zero-order valence-corrected chi connectivity index (χ0v) is 17.4. The molecule has 0 spiro atoms. The third kappa shape index (κ3) is 4.87. The van der Waals surface area contributed by atoms with Crippen LogP contribution in [-0.2, 0) is 14.3 Å². The predicted octanol–water partition coefficient (Wildman–Crippen LogP) is 2.13. The summed E-state index contributed by atoms with van der Waals surface area (Å²) in [6, 6.07) is 3.87. The molecule has 160 valence electrons. The Bertz CT molecular complexity index is 845. The second-order valence-electron chi connectivity index (χ2n) is 8.47. The number of esters is 1. The number of carbonyl (C=O) groups excluding carboxylic acids is 3. The number of amides is 2. The van der Waals surface area contributed by atoms with Crippen molar-refractivity contribution >= 4 is 18.0 Å². The summed E-state index contributed by atoms with van der Waals surface area (Å²) in [6.07, 6.45) is 3.18. The summed E-state index contributed by atoms with van der Waals surface area (Å²) in [5.74, 6) is -0.858. The Morgan fingerprint density at radius 1 is 1.20 bits per heavy atom. The molecule has 0 radical (unpaired) electrons. The molecule has 2 fully saturated rings. The Kier molecular flexibility index (Phi) is 6.25. The molecule has 3 rings (SSSR count). The molecule has 2 amide bonds. The molecule has 2 aliphatic rings.